The van der Waals surface area contributed by atoms with Crippen molar-refractivity contribution in [3.63, 3.8) is 0 Å². The number of rotatable bonds is 2. The number of carbonyl (C=O) groups excluding carboxylic acids is 1. The number of hydrogen-bond acceptors (Lipinski definition) is 3. The van der Waals surface area contributed by atoms with Crippen LogP contribution in [0.25, 0.3) is 11.4 Å². The van der Waals surface area contributed by atoms with Gasteiger partial charge in [-0.25, -0.2) is 13.6 Å². The maximum absolute atomic E-state index is 13.1. The Morgan fingerprint density at radius 1 is 1.22 bits per heavy atom. The summed E-state index contributed by atoms with van der Waals surface area (Å²) in [4.78, 5) is 13.5. The molecule has 0 saturated carbocycles. The number of alkyl halides is 2. The topological polar surface area (TPSA) is 63.1 Å². The van der Waals surface area contributed by atoms with Crippen molar-refractivity contribution in [3.8, 4) is 11.4 Å². The van der Waals surface area contributed by atoms with E-state index in [0.29, 0.717) is 5.69 Å². The Hall–Kier alpha value is -2.51. The van der Waals surface area contributed by atoms with Crippen molar-refractivity contribution in [1.82, 2.24) is 19.7 Å². The van der Waals surface area contributed by atoms with Crippen LogP contribution in [0, 0.1) is 0 Å². The lowest BCUT2D eigenvalue weighted by Gasteiger charge is -2.31. The van der Waals surface area contributed by atoms with E-state index in [4.69, 9.17) is 0 Å². The molecule has 0 aliphatic carbocycles. The Morgan fingerprint density at radius 2 is 1.87 bits per heavy atom. The molecule has 0 radical (unpaired) electrons. The predicted molar refractivity (Wildman–Crippen MR) is 81.2 cm³/mol. The first-order chi connectivity index (χ1) is 10.9. The average Bonchev–Trinajstić information content (AvgIpc) is 2.94. The number of hydrogen-bond donors (Lipinski definition) is 1. The molecule has 0 spiro atoms. The number of halogens is 2. The fourth-order valence-electron chi connectivity index (χ4n) is 2.49. The number of amides is 2. The van der Waals surface area contributed by atoms with Gasteiger partial charge in [0.15, 0.2) is 5.82 Å². The highest BCUT2D eigenvalue weighted by atomic mass is 19.3. The largest absolute Gasteiger partial charge is 0.324 e. The summed E-state index contributed by atoms with van der Waals surface area (Å²) in [6, 6.07) is 6.79. The number of aromatic nitrogens is 3. The molecule has 0 bridgehead atoms. The normalized spacial score (nSPS) is 17.1. The molecular formula is C15H17F2N5O. The van der Waals surface area contributed by atoms with Crippen LogP contribution in [0.2, 0.25) is 0 Å². The van der Waals surface area contributed by atoms with Gasteiger partial charge in [0.05, 0.1) is 0 Å². The van der Waals surface area contributed by atoms with E-state index in [9.17, 15) is 13.6 Å². The lowest BCUT2D eigenvalue weighted by Crippen LogP contribution is -2.44. The zero-order chi connectivity index (χ0) is 16.4. The predicted octanol–water partition coefficient (Wildman–Crippen LogP) is 2.75. The second-order valence-electron chi connectivity index (χ2n) is 5.62. The van der Waals surface area contributed by atoms with Crippen LogP contribution in [0.3, 0.4) is 0 Å². The highest BCUT2D eigenvalue weighted by Crippen LogP contribution is 2.28. The molecule has 1 aliphatic heterocycles. The Bertz CT molecular complexity index is 688. The SMILES string of the molecule is Cn1cnnc1-c1ccc(NC(=O)N2CCC(F)(F)CC2)cc1. The first-order valence-electron chi connectivity index (χ1n) is 7.33. The van der Waals surface area contributed by atoms with Crippen LogP contribution in [-0.4, -0.2) is 44.7 Å². The van der Waals surface area contributed by atoms with Gasteiger partial charge in [0.25, 0.3) is 5.92 Å². The van der Waals surface area contributed by atoms with Gasteiger partial charge >= 0.3 is 6.03 Å². The van der Waals surface area contributed by atoms with Crippen LogP contribution in [-0.2, 0) is 7.05 Å². The molecule has 6 nitrogen and oxygen atoms in total. The van der Waals surface area contributed by atoms with Crippen molar-refractivity contribution in [1.29, 1.82) is 0 Å². The maximum Gasteiger partial charge on any atom is 0.321 e. The van der Waals surface area contributed by atoms with E-state index in [-0.39, 0.29) is 32.0 Å². The van der Waals surface area contributed by atoms with Crippen molar-refractivity contribution in [3.05, 3.63) is 30.6 Å². The number of nitrogens with zero attached hydrogens (tertiary/aromatic N) is 4. The molecule has 2 aromatic rings. The third kappa shape index (κ3) is 3.46. The van der Waals surface area contributed by atoms with Crippen molar-refractivity contribution < 1.29 is 13.6 Å². The van der Waals surface area contributed by atoms with Crippen molar-refractivity contribution in [2.24, 2.45) is 7.05 Å². The molecule has 0 unspecified atom stereocenters. The standard InChI is InChI=1S/C15H17F2N5O/c1-21-10-18-20-13(21)11-2-4-12(5-3-11)19-14(23)22-8-6-15(16,17)7-9-22/h2-5,10H,6-9H2,1H3,(H,19,23). The smallest absolute Gasteiger partial charge is 0.321 e. The van der Waals surface area contributed by atoms with E-state index in [1.807, 2.05) is 19.2 Å². The number of urea groups is 1. The summed E-state index contributed by atoms with van der Waals surface area (Å²) in [5.74, 6) is -1.93. The van der Waals surface area contributed by atoms with Crippen LogP contribution in [0.15, 0.2) is 30.6 Å². The summed E-state index contributed by atoms with van der Waals surface area (Å²) in [7, 11) is 1.84. The first kappa shape index (κ1) is 15.4. The summed E-state index contributed by atoms with van der Waals surface area (Å²) < 4.78 is 28.0. The molecule has 1 fully saturated rings. The van der Waals surface area contributed by atoms with Gasteiger partial charge in [-0.1, -0.05) is 0 Å². The van der Waals surface area contributed by atoms with Gasteiger partial charge in [-0.05, 0) is 24.3 Å². The number of carbonyl (C=O) groups is 1. The van der Waals surface area contributed by atoms with Crippen LogP contribution in [0.1, 0.15) is 12.8 Å². The number of likely N-dealkylation sites (tertiary alicyclic amines) is 1. The summed E-state index contributed by atoms with van der Waals surface area (Å²) in [5, 5.41) is 10.6. The molecule has 1 aromatic carbocycles. The van der Waals surface area contributed by atoms with Gasteiger partial charge in [0.2, 0.25) is 0 Å². The van der Waals surface area contributed by atoms with Crippen LogP contribution in [0.4, 0.5) is 19.3 Å². The van der Waals surface area contributed by atoms with Crippen molar-refractivity contribution in [2.75, 3.05) is 18.4 Å². The summed E-state index contributed by atoms with van der Waals surface area (Å²) in [6.45, 7) is 0.131. The van der Waals surface area contributed by atoms with Crippen LogP contribution in [0.5, 0.6) is 0 Å². The highest BCUT2D eigenvalue weighted by molar-refractivity contribution is 5.89. The molecule has 1 saturated heterocycles. The van der Waals surface area contributed by atoms with Gasteiger partial charge in [0, 0.05) is 44.2 Å². The van der Waals surface area contributed by atoms with Gasteiger partial charge in [0.1, 0.15) is 6.33 Å². The molecular weight excluding hydrogens is 304 g/mol. The molecule has 2 heterocycles. The molecule has 8 heteroatoms. The number of nitrogens with one attached hydrogen (secondary N) is 1. The van der Waals surface area contributed by atoms with E-state index < -0.39 is 5.92 Å². The van der Waals surface area contributed by atoms with Gasteiger partial charge in [-0.2, -0.15) is 0 Å². The lowest BCUT2D eigenvalue weighted by molar-refractivity contribution is -0.0461. The van der Waals surface area contributed by atoms with Crippen LogP contribution >= 0.6 is 0 Å². The average molecular weight is 321 g/mol. The summed E-state index contributed by atoms with van der Waals surface area (Å²) in [5.41, 5.74) is 1.49. The van der Waals surface area contributed by atoms with Crippen molar-refractivity contribution >= 4 is 11.7 Å². The molecule has 1 aliphatic rings. The van der Waals surface area contributed by atoms with E-state index in [1.165, 1.54) is 4.90 Å². The van der Waals surface area contributed by atoms with Gasteiger partial charge in [-0.3, -0.25) is 0 Å². The third-order valence-corrected chi connectivity index (χ3v) is 3.89. The van der Waals surface area contributed by atoms with E-state index >= 15 is 0 Å². The number of anilines is 1. The minimum Gasteiger partial charge on any atom is -0.324 e. The minimum atomic E-state index is -2.66. The minimum absolute atomic E-state index is 0.0653. The first-order valence-corrected chi connectivity index (χ1v) is 7.33. The fourth-order valence-corrected chi connectivity index (χ4v) is 2.49. The summed E-state index contributed by atoms with van der Waals surface area (Å²) >= 11 is 0. The summed E-state index contributed by atoms with van der Waals surface area (Å²) in [6.07, 6.45) is 1.04. The zero-order valence-electron chi connectivity index (χ0n) is 12.7. The van der Waals surface area contributed by atoms with Crippen molar-refractivity contribution in [2.45, 2.75) is 18.8 Å². The third-order valence-electron chi connectivity index (χ3n) is 3.89. The molecule has 1 aromatic heterocycles. The molecule has 3 rings (SSSR count). The Morgan fingerprint density at radius 3 is 2.43 bits per heavy atom. The fraction of sp³-hybridized carbons (Fsp3) is 0.400. The Balaban J connectivity index is 1.62. The Kier molecular flexibility index (Phi) is 3.97. The number of benzene rings is 1. The van der Waals surface area contributed by atoms with Gasteiger partial charge < -0.3 is 14.8 Å². The monoisotopic (exact) mass is 321 g/mol. The second-order valence-corrected chi connectivity index (χ2v) is 5.62. The highest BCUT2D eigenvalue weighted by Gasteiger charge is 2.35. The zero-order valence-corrected chi connectivity index (χ0v) is 12.7. The van der Waals surface area contributed by atoms with Crippen LogP contribution < -0.4 is 5.32 Å². The lowest BCUT2D eigenvalue weighted by atomic mass is 10.1. The molecule has 122 valence electrons. The quantitative estimate of drug-likeness (QED) is 0.925. The maximum atomic E-state index is 13.1. The molecule has 0 atom stereocenters. The number of piperidine rings is 1. The number of aryl methyl sites for hydroxylation is 1. The van der Waals surface area contributed by atoms with E-state index in [1.54, 1.807) is 23.0 Å². The van der Waals surface area contributed by atoms with Gasteiger partial charge in [-0.15, -0.1) is 10.2 Å². The second kappa shape index (κ2) is 5.94. The molecule has 1 N–H and O–H groups in total. The van der Waals surface area contributed by atoms with E-state index in [2.05, 4.69) is 15.5 Å². The molecule has 23 heavy (non-hydrogen) atoms. The Labute approximate surface area is 132 Å². The molecule has 2 amide bonds. The van der Waals surface area contributed by atoms with E-state index in [0.717, 1.165) is 11.4 Å².